The highest BCUT2D eigenvalue weighted by atomic mass is 19.1. The molecule has 2 rings (SSSR count). The molecule has 9 heteroatoms. The van der Waals surface area contributed by atoms with Gasteiger partial charge in [-0.15, -0.1) is 0 Å². The van der Waals surface area contributed by atoms with E-state index in [1.54, 1.807) is 20.8 Å². The molecule has 0 spiro atoms. The molecule has 0 unspecified atom stereocenters. The van der Waals surface area contributed by atoms with Crippen LogP contribution in [-0.4, -0.2) is 50.6 Å². The third-order valence-corrected chi connectivity index (χ3v) is 3.30. The van der Waals surface area contributed by atoms with E-state index in [1.165, 1.54) is 15.8 Å². The Morgan fingerprint density at radius 3 is 2.73 bits per heavy atom. The van der Waals surface area contributed by atoms with E-state index in [0.717, 1.165) is 6.20 Å². The number of piperidine rings is 1. The molecular formula is C13H19FN4O4. The number of hydrogen-bond acceptors (Lipinski definition) is 5. The molecule has 0 bridgehead atoms. The lowest BCUT2D eigenvalue weighted by Gasteiger charge is -2.35. The van der Waals surface area contributed by atoms with Crippen molar-refractivity contribution in [3.8, 4) is 0 Å². The zero-order chi connectivity index (χ0) is 16.5. The fraction of sp³-hybridized carbons (Fsp3) is 0.692. The van der Waals surface area contributed by atoms with E-state index in [4.69, 9.17) is 4.74 Å². The second-order valence-corrected chi connectivity index (χ2v) is 6.23. The van der Waals surface area contributed by atoms with Gasteiger partial charge in [0.2, 0.25) is 0 Å². The number of nitrogens with zero attached hydrogens (tertiary/aromatic N) is 4. The van der Waals surface area contributed by atoms with Crippen molar-refractivity contribution in [1.82, 2.24) is 14.7 Å². The normalized spacial score (nSPS) is 22.5. The number of alkyl halides is 1. The Hall–Kier alpha value is -2.19. The number of amides is 1. The summed E-state index contributed by atoms with van der Waals surface area (Å²) in [6.07, 6.45) is 0.702. The van der Waals surface area contributed by atoms with Crippen molar-refractivity contribution in [2.24, 2.45) is 0 Å². The minimum absolute atomic E-state index is 0.118. The van der Waals surface area contributed by atoms with Crippen molar-refractivity contribution in [1.29, 1.82) is 0 Å². The standard InChI is InChI=1S/C13H19FN4O4/c1-13(2,3)22-12(19)16-5-4-11(10(14)8-16)17-7-9(6-15-17)18(20)21/h6-7,10-11H,4-5,8H2,1-3H3/t10-,11-/m0/s1. The van der Waals surface area contributed by atoms with Gasteiger partial charge in [-0.2, -0.15) is 5.10 Å². The number of carbonyl (C=O) groups excluding carboxylic acids is 1. The molecule has 0 aliphatic carbocycles. The predicted molar refractivity (Wildman–Crippen MR) is 75.2 cm³/mol. The summed E-state index contributed by atoms with van der Waals surface area (Å²) in [6, 6.07) is -0.618. The predicted octanol–water partition coefficient (Wildman–Crippen LogP) is 2.31. The van der Waals surface area contributed by atoms with E-state index in [0.29, 0.717) is 13.0 Å². The molecule has 122 valence electrons. The monoisotopic (exact) mass is 314 g/mol. The smallest absolute Gasteiger partial charge is 0.410 e. The van der Waals surface area contributed by atoms with Crippen molar-refractivity contribution in [3.05, 3.63) is 22.5 Å². The number of nitro groups is 1. The third-order valence-electron chi connectivity index (χ3n) is 3.30. The molecule has 1 aliphatic heterocycles. The molecular weight excluding hydrogens is 295 g/mol. The Morgan fingerprint density at radius 1 is 1.55 bits per heavy atom. The number of ether oxygens (including phenoxy) is 1. The van der Waals surface area contributed by atoms with Crippen LogP contribution in [0.2, 0.25) is 0 Å². The summed E-state index contributed by atoms with van der Waals surface area (Å²) >= 11 is 0. The Balaban J connectivity index is 2.00. The van der Waals surface area contributed by atoms with Crippen LogP contribution in [0.5, 0.6) is 0 Å². The first-order chi connectivity index (χ1) is 10.2. The van der Waals surface area contributed by atoms with Crippen LogP contribution < -0.4 is 0 Å². The van der Waals surface area contributed by atoms with E-state index in [1.807, 2.05) is 0 Å². The fourth-order valence-corrected chi connectivity index (χ4v) is 2.29. The summed E-state index contributed by atoms with van der Waals surface area (Å²) in [7, 11) is 0. The highest BCUT2D eigenvalue weighted by Gasteiger charge is 2.35. The summed E-state index contributed by atoms with van der Waals surface area (Å²) in [5.41, 5.74) is -0.815. The van der Waals surface area contributed by atoms with Crippen molar-refractivity contribution in [3.63, 3.8) is 0 Å². The van der Waals surface area contributed by atoms with Gasteiger partial charge in [0.15, 0.2) is 0 Å². The molecule has 2 atom stereocenters. The molecule has 1 aromatic heterocycles. The summed E-state index contributed by atoms with van der Waals surface area (Å²) in [6.45, 7) is 5.43. The average molecular weight is 314 g/mol. The maximum absolute atomic E-state index is 14.3. The Kier molecular flexibility index (Phi) is 4.34. The van der Waals surface area contributed by atoms with Gasteiger partial charge < -0.3 is 9.64 Å². The molecule has 22 heavy (non-hydrogen) atoms. The van der Waals surface area contributed by atoms with Crippen LogP contribution in [0.3, 0.4) is 0 Å². The van der Waals surface area contributed by atoms with Gasteiger partial charge in [-0.05, 0) is 27.2 Å². The second kappa shape index (κ2) is 5.90. The first-order valence-corrected chi connectivity index (χ1v) is 6.98. The number of hydrogen-bond donors (Lipinski definition) is 0. The number of carbonyl (C=O) groups is 1. The number of aromatic nitrogens is 2. The molecule has 0 radical (unpaired) electrons. The van der Waals surface area contributed by atoms with Gasteiger partial charge in [0.05, 0.1) is 17.5 Å². The summed E-state index contributed by atoms with van der Waals surface area (Å²) in [5, 5.41) is 14.5. The van der Waals surface area contributed by atoms with Gasteiger partial charge in [-0.3, -0.25) is 14.8 Å². The van der Waals surface area contributed by atoms with Gasteiger partial charge in [0, 0.05) is 6.54 Å². The number of rotatable bonds is 2. The van der Waals surface area contributed by atoms with Gasteiger partial charge in [0.1, 0.15) is 24.2 Å². The Morgan fingerprint density at radius 2 is 2.23 bits per heavy atom. The van der Waals surface area contributed by atoms with E-state index in [2.05, 4.69) is 5.10 Å². The Labute approximate surface area is 127 Å². The lowest BCUT2D eigenvalue weighted by Crippen LogP contribution is -2.47. The minimum atomic E-state index is -1.36. The van der Waals surface area contributed by atoms with Crippen LogP contribution >= 0.6 is 0 Å². The zero-order valence-corrected chi connectivity index (χ0v) is 12.7. The largest absolute Gasteiger partial charge is 0.444 e. The van der Waals surface area contributed by atoms with Crippen molar-refractivity contribution in [2.45, 2.75) is 45.0 Å². The number of likely N-dealkylation sites (tertiary alicyclic amines) is 1. The molecule has 1 fully saturated rings. The van der Waals surface area contributed by atoms with Crippen LogP contribution in [-0.2, 0) is 4.74 Å². The molecule has 0 N–H and O–H groups in total. The van der Waals surface area contributed by atoms with Gasteiger partial charge in [0.25, 0.3) is 0 Å². The zero-order valence-electron chi connectivity index (χ0n) is 12.7. The molecule has 1 saturated heterocycles. The third kappa shape index (κ3) is 3.71. The van der Waals surface area contributed by atoms with Crippen LogP contribution in [0.25, 0.3) is 0 Å². The SMILES string of the molecule is CC(C)(C)OC(=O)N1CC[C@H](n2cc([N+](=O)[O-])cn2)[C@@H](F)C1. The second-order valence-electron chi connectivity index (χ2n) is 6.23. The van der Waals surface area contributed by atoms with Gasteiger partial charge in [-0.25, -0.2) is 9.18 Å². The first kappa shape index (κ1) is 16.2. The van der Waals surface area contributed by atoms with E-state index < -0.39 is 28.8 Å². The fourth-order valence-electron chi connectivity index (χ4n) is 2.29. The highest BCUT2D eigenvalue weighted by Crippen LogP contribution is 2.27. The average Bonchev–Trinajstić information content (AvgIpc) is 2.86. The van der Waals surface area contributed by atoms with Crippen LogP contribution in [0.1, 0.15) is 33.2 Å². The summed E-state index contributed by atoms with van der Waals surface area (Å²) in [5.74, 6) is 0. The van der Waals surface area contributed by atoms with Crippen LogP contribution in [0.4, 0.5) is 14.9 Å². The lowest BCUT2D eigenvalue weighted by atomic mass is 10.0. The van der Waals surface area contributed by atoms with Crippen LogP contribution in [0.15, 0.2) is 12.4 Å². The minimum Gasteiger partial charge on any atom is -0.444 e. The maximum Gasteiger partial charge on any atom is 0.410 e. The molecule has 1 aromatic rings. The summed E-state index contributed by atoms with van der Waals surface area (Å²) in [4.78, 5) is 23.3. The number of halogens is 1. The topological polar surface area (TPSA) is 90.5 Å². The molecule has 0 saturated carbocycles. The van der Waals surface area contributed by atoms with Crippen molar-refractivity contribution in [2.75, 3.05) is 13.1 Å². The molecule has 2 heterocycles. The van der Waals surface area contributed by atoms with Crippen molar-refractivity contribution >= 4 is 11.8 Å². The quantitative estimate of drug-likeness (QED) is 0.617. The van der Waals surface area contributed by atoms with E-state index in [-0.39, 0.29) is 12.2 Å². The molecule has 1 aliphatic rings. The van der Waals surface area contributed by atoms with E-state index >= 15 is 0 Å². The van der Waals surface area contributed by atoms with Gasteiger partial charge >= 0.3 is 11.8 Å². The lowest BCUT2D eigenvalue weighted by molar-refractivity contribution is -0.385. The molecule has 8 nitrogen and oxygen atoms in total. The summed E-state index contributed by atoms with van der Waals surface area (Å²) < 4.78 is 20.8. The van der Waals surface area contributed by atoms with Gasteiger partial charge in [-0.1, -0.05) is 0 Å². The Bertz CT molecular complexity index is 569. The van der Waals surface area contributed by atoms with E-state index in [9.17, 15) is 19.3 Å². The highest BCUT2D eigenvalue weighted by molar-refractivity contribution is 5.68. The van der Waals surface area contributed by atoms with Crippen LogP contribution in [0, 0.1) is 10.1 Å². The first-order valence-electron chi connectivity index (χ1n) is 6.98. The molecule has 1 amide bonds. The maximum atomic E-state index is 14.3. The molecule has 0 aromatic carbocycles. The van der Waals surface area contributed by atoms with Crippen molar-refractivity contribution < 1.29 is 18.8 Å².